The maximum Gasteiger partial charge on any atom is 0.268 e. The second kappa shape index (κ2) is 9.63. The van der Waals surface area contributed by atoms with Gasteiger partial charge in [0.15, 0.2) is 0 Å². The molecular formula is C26H27ClN4O2. The summed E-state index contributed by atoms with van der Waals surface area (Å²) in [6, 6.07) is 15.4. The molecule has 7 heteroatoms. The predicted molar refractivity (Wildman–Crippen MR) is 131 cm³/mol. The Balaban J connectivity index is 1.63. The van der Waals surface area contributed by atoms with Gasteiger partial charge < -0.3 is 10.3 Å². The Morgan fingerprint density at radius 2 is 1.97 bits per heavy atom. The fourth-order valence-electron chi connectivity index (χ4n) is 4.04. The van der Waals surface area contributed by atoms with Crippen LogP contribution in [0.1, 0.15) is 64.8 Å². The van der Waals surface area contributed by atoms with E-state index in [0.29, 0.717) is 22.7 Å². The number of carbonyl (C=O) groups is 1. The van der Waals surface area contributed by atoms with Crippen molar-refractivity contribution in [3.63, 3.8) is 0 Å². The van der Waals surface area contributed by atoms with Crippen LogP contribution in [0.5, 0.6) is 0 Å². The smallest absolute Gasteiger partial charge is 0.268 e. The number of imidazole rings is 1. The first kappa shape index (κ1) is 22.8. The van der Waals surface area contributed by atoms with E-state index in [1.807, 2.05) is 49.4 Å². The van der Waals surface area contributed by atoms with Crippen LogP contribution >= 0.6 is 11.6 Å². The first-order valence-corrected chi connectivity index (χ1v) is 11.5. The minimum absolute atomic E-state index is 0.109. The number of aromatic amines is 1. The molecule has 2 N–H and O–H groups in total. The predicted octanol–water partition coefficient (Wildman–Crippen LogP) is 5.02. The highest BCUT2D eigenvalue weighted by atomic mass is 35.5. The Morgan fingerprint density at radius 1 is 1.21 bits per heavy atom. The second-order valence-corrected chi connectivity index (χ2v) is 8.82. The molecule has 0 aliphatic rings. The van der Waals surface area contributed by atoms with E-state index in [-0.39, 0.29) is 23.9 Å². The van der Waals surface area contributed by atoms with E-state index in [0.717, 1.165) is 34.5 Å². The number of aromatic nitrogens is 3. The standard InChI is InChI=1S/C26H27ClN4O2/c1-4-16(2)24-22-12-20(27)13-23(31(22)15-29-24)26(33)28-14-21-19(10-17(3)30-25(21)32)11-18-8-6-5-7-9-18/h5-10,12-13,15-16H,4,11,14H2,1-3H3,(H,28,33)(H,30,32). The summed E-state index contributed by atoms with van der Waals surface area (Å²) in [7, 11) is 0. The summed E-state index contributed by atoms with van der Waals surface area (Å²) in [5.41, 5.74) is 5.24. The number of H-pyrrole nitrogens is 1. The lowest BCUT2D eigenvalue weighted by molar-refractivity contribution is 0.0944. The molecule has 3 aromatic heterocycles. The van der Waals surface area contributed by atoms with E-state index in [2.05, 4.69) is 29.1 Å². The lowest BCUT2D eigenvalue weighted by Gasteiger charge is -2.13. The summed E-state index contributed by atoms with van der Waals surface area (Å²) < 4.78 is 1.76. The van der Waals surface area contributed by atoms with E-state index in [1.165, 1.54) is 0 Å². The van der Waals surface area contributed by atoms with E-state index in [1.54, 1.807) is 16.8 Å². The SMILES string of the molecule is CCC(C)c1ncn2c(C(=O)NCc3c(Cc4ccccc4)cc(C)[nH]c3=O)cc(Cl)cc12. The Kier molecular flexibility index (Phi) is 6.65. The number of pyridine rings is 2. The van der Waals surface area contributed by atoms with Crippen molar-refractivity contribution < 1.29 is 4.79 Å². The Hall–Kier alpha value is -3.38. The maximum atomic E-state index is 13.2. The van der Waals surface area contributed by atoms with Gasteiger partial charge in [0.25, 0.3) is 11.5 Å². The lowest BCUT2D eigenvalue weighted by atomic mass is 10.0. The first-order valence-electron chi connectivity index (χ1n) is 11.1. The number of halogens is 1. The minimum Gasteiger partial charge on any atom is -0.346 e. The van der Waals surface area contributed by atoms with E-state index >= 15 is 0 Å². The van der Waals surface area contributed by atoms with Gasteiger partial charge in [-0.15, -0.1) is 0 Å². The molecule has 0 fully saturated rings. The van der Waals surface area contributed by atoms with Crippen LogP contribution in [-0.4, -0.2) is 20.3 Å². The van der Waals surface area contributed by atoms with Gasteiger partial charge in [-0.3, -0.25) is 14.0 Å². The van der Waals surface area contributed by atoms with Crippen molar-refractivity contribution in [2.24, 2.45) is 0 Å². The zero-order valence-electron chi connectivity index (χ0n) is 19.0. The van der Waals surface area contributed by atoms with Crippen LogP contribution in [0.15, 0.2) is 59.7 Å². The number of nitrogens with one attached hydrogen (secondary N) is 2. The van der Waals surface area contributed by atoms with Gasteiger partial charge in [0.05, 0.1) is 11.2 Å². The molecule has 0 bridgehead atoms. The number of amides is 1. The van der Waals surface area contributed by atoms with E-state index in [4.69, 9.17) is 11.6 Å². The summed E-state index contributed by atoms with van der Waals surface area (Å²) in [6.45, 7) is 6.16. The molecule has 1 amide bonds. The van der Waals surface area contributed by atoms with Gasteiger partial charge >= 0.3 is 0 Å². The molecule has 0 spiro atoms. The molecule has 0 radical (unpaired) electrons. The highest BCUT2D eigenvalue weighted by Crippen LogP contribution is 2.26. The first-order chi connectivity index (χ1) is 15.9. The topological polar surface area (TPSA) is 79.3 Å². The van der Waals surface area contributed by atoms with Gasteiger partial charge in [-0.2, -0.15) is 0 Å². The van der Waals surface area contributed by atoms with Gasteiger partial charge in [0.1, 0.15) is 12.0 Å². The Labute approximate surface area is 197 Å². The average molecular weight is 463 g/mol. The van der Waals surface area contributed by atoms with Crippen molar-refractivity contribution >= 4 is 23.0 Å². The van der Waals surface area contributed by atoms with Crippen molar-refractivity contribution in [1.82, 2.24) is 19.7 Å². The number of benzene rings is 1. The molecule has 1 unspecified atom stereocenters. The number of hydrogen-bond acceptors (Lipinski definition) is 3. The number of carbonyl (C=O) groups excluding carboxylic acids is 1. The summed E-state index contributed by atoms with van der Waals surface area (Å²) >= 11 is 6.34. The molecule has 33 heavy (non-hydrogen) atoms. The average Bonchev–Trinajstić information content (AvgIpc) is 3.21. The Bertz CT molecular complexity index is 1360. The summed E-state index contributed by atoms with van der Waals surface area (Å²) in [6.07, 6.45) is 3.20. The van der Waals surface area contributed by atoms with Gasteiger partial charge in [-0.1, -0.05) is 55.8 Å². The van der Waals surface area contributed by atoms with Crippen molar-refractivity contribution in [3.05, 3.63) is 104 Å². The molecular weight excluding hydrogens is 436 g/mol. The van der Waals surface area contributed by atoms with Crippen LogP contribution in [0.3, 0.4) is 0 Å². The highest BCUT2D eigenvalue weighted by molar-refractivity contribution is 6.31. The lowest BCUT2D eigenvalue weighted by Crippen LogP contribution is -2.29. The Morgan fingerprint density at radius 3 is 2.70 bits per heavy atom. The van der Waals surface area contributed by atoms with Crippen LogP contribution in [0, 0.1) is 6.92 Å². The number of nitrogens with zero attached hydrogens (tertiary/aromatic N) is 2. The largest absolute Gasteiger partial charge is 0.346 e. The fourth-order valence-corrected chi connectivity index (χ4v) is 4.25. The van der Waals surface area contributed by atoms with Crippen molar-refractivity contribution in [2.75, 3.05) is 0 Å². The van der Waals surface area contributed by atoms with Crippen LogP contribution in [0.25, 0.3) is 5.52 Å². The molecule has 0 aliphatic carbocycles. The maximum absolute atomic E-state index is 13.2. The summed E-state index contributed by atoms with van der Waals surface area (Å²) in [4.78, 5) is 33.3. The second-order valence-electron chi connectivity index (χ2n) is 8.38. The number of rotatable bonds is 7. The van der Waals surface area contributed by atoms with Crippen molar-refractivity contribution in [2.45, 2.75) is 46.1 Å². The van der Waals surface area contributed by atoms with Gasteiger partial charge in [-0.05, 0) is 49.1 Å². The van der Waals surface area contributed by atoms with Crippen LogP contribution < -0.4 is 10.9 Å². The van der Waals surface area contributed by atoms with Gasteiger partial charge in [0.2, 0.25) is 0 Å². The monoisotopic (exact) mass is 462 g/mol. The summed E-state index contributed by atoms with van der Waals surface area (Å²) in [5, 5.41) is 3.38. The van der Waals surface area contributed by atoms with Crippen LogP contribution in [0.4, 0.5) is 0 Å². The molecule has 0 saturated heterocycles. The number of fused-ring (bicyclic) bond motifs is 1. The van der Waals surface area contributed by atoms with E-state index in [9.17, 15) is 9.59 Å². The number of hydrogen-bond donors (Lipinski definition) is 2. The molecule has 0 aliphatic heterocycles. The van der Waals surface area contributed by atoms with Crippen molar-refractivity contribution in [1.29, 1.82) is 0 Å². The van der Waals surface area contributed by atoms with Gasteiger partial charge in [0, 0.05) is 28.7 Å². The van der Waals surface area contributed by atoms with E-state index < -0.39 is 0 Å². The normalized spacial score (nSPS) is 12.1. The third-order valence-corrected chi connectivity index (χ3v) is 6.20. The molecule has 3 heterocycles. The fraction of sp³-hybridized carbons (Fsp3) is 0.269. The quantitative estimate of drug-likeness (QED) is 0.404. The van der Waals surface area contributed by atoms with Crippen LogP contribution in [-0.2, 0) is 13.0 Å². The van der Waals surface area contributed by atoms with Gasteiger partial charge in [-0.25, -0.2) is 4.98 Å². The molecule has 170 valence electrons. The zero-order valence-corrected chi connectivity index (χ0v) is 19.7. The summed E-state index contributed by atoms with van der Waals surface area (Å²) in [5.74, 6) is -0.0720. The highest BCUT2D eigenvalue weighted by Gasteiger charge is 2.18. The third kappa shape index (κ3) is 4.86. The van der Waals surface area contributed by atoms with Crippen molar-refractivity contribution in [3.8, 4) is 0 Å². The minimum atomic E-state index is -0.318. The molecule has 1 atom stereocenters. The molecule has 0 saturated carbocycles. The zero-order chi connectivity index (χ0) is 23.5. The number of aryl methyl sites for hydroxylation is 1. The molecule has 6 nitrogen and oxygen atoms in total. The third-order valence-electron chi connectivity index (χ3n) is 5.98. The molecule has 4 aromatic rings. The molecule has 1 aromatic carbocycles. The molecule has 4 rings (SSSR count). The van der Waals surface area contributed by atoms with Crippen LogP contribution in [0.2, 0.25) is 5.02 Å².